The number of fused-ring (bicyclic) bond motifs is 10. The van der Waals surface area contributed by atoms with Gasteiger partial charge in [0, 0.05) is 5.92 Å². The zero-order chi connectivity index (χ0) is 95.1. The molecule has 0 bridgehead atoms. The number of aryl methyl sites for hydroxylation is 1. The molecule has 11 aromatic heterocycles. The lowest BCUT2D eigenvalue weighted by Gasteiger charge is -2.35. The first-order chi connectivity index (χ1) is 63.5. The number of alkyl halides is 6. The maximum atomic E-state index is 16.1. The third-order valence-electron chi connectivity index (χ3n) is 22.0. The number of imidazole rings is 6. The van der Waals surface area contributed by atoms with Crippen LogP contribution in [0, 0.1) is 12.8 Å². The van der Waals surface area contributed by atoms with Gasteiger partial charge < -0.3 is 113 Å². The predicted molar refractivity (Wildman–Crippen MR) is 453 cm³/mol. The van der Waals surface area contributed by atoms with Crippen molar-refractivity contribution in [2.45, 2.75) is 155 Å². The van der Waals surface area contributed by atoms with E-state index < -0.39 is 230 Å². The van der Waals surface area contributed by atoms with Crippen molar-refractivity contribution in [2.75, 3.05) is 62.6 Å². The molecule has 0 aromatic carbocycles. The number of nitrogen functional groups attached to an aromatic ring is 4. The Kier molecular flexibility index (Phi) is 26.7. The normalized spacial score (nSPS) is 35.8. The third-order valence-corrected chi connectivity index (χ3v) is 29.7. The molecule has 134 heavy (non-hydrogen) atoms. The van der Waals surface area contributed by atoms with Crippen molar-refractivity contribution < 1.29 is 147 Å². The molecular weight excluding hydrogens is 2010 g/mol. The maximum absolute atomic E-state index is 16.1. The molecular formula is C63H72F6N29O26P6S4-. The van der Waals surface area contributed by atoms with E-state index in [1.165, 1.54) is 80.4 Å². The lowest BCUT2D eigenvalue weighted by molar-refractivity contribution is -0.0605. The van der Waals surface area contributed by atoms with Gasteiger partial charge in [0.25, 0.3) is 0 Å². The van der Waals surface area contributed by atoms with Gasteiger partial charge in [0.1, 0.15) is 126 Å². The minimum Gasteiger partial charge on any atom is -0.691 e. The van der Waals surface area contributed by atoms with Gasteiger partial charge in [0.15, 0.2) is 138 Å². The second-order valence-corrected chi connectivity index (χ2v) is 45.1. The number of hydrogen-bond acceptors (Lipinski definition) is 47. The summed E-state index contributed by atoms with van der Waals surface area (Å²) in [5.41, 5.74) is 28.5. The summed E-state index contributed by atoms with van der Waals surface area (Å²) in [7, 11) is -15.3. The van der Waals surface area contributed by atoms with Crippen LogP contribution in [0.3, 0.4) is 0 Å². The average Bonchev–Trinajstić information content (AvgIpc) is 1.62. The number of anilines is 4. The van der Waals surface area contributed by atoms with Crippen LogP contribution in [-0.2, 0) is 132 Å². The van der Waals surface area contributed by atoms with Crippen molar-refractivity contribution in [1.82, 2.24) is 112 Å². The van der Waals surface area contributed by atoms with Gasteiger partial charge in [-0.1, -0.05) is 37.6 Å². The molecule has 8 saturated heterocycles. The summed E-state index contributed by atoms with van der Waals surface area (Å²) in [6.07, 6.45) is -23.6. The Labute approximate surface area is 765 Å². The van der Waals surface area contributed by atoms with E-state index >= 15 is 26.3 Å². The number of rotatable bonds is 14. The fourth-order valence-electron chi connectivity index (χ4n) is 15.7. The second kappa shape index (κ2) is 37.2. The molecule has 11 aromatic rings. The molecule has 0 radical (unpaired) electrons. The summed E-state index contributed by atoms with van der Waals surface area (Å²) in [6.45, 7) is -5.76. The molecule has 71 heteroatoms. The molecule has 29 atom stereocenters. The second-order valence-electron chi connectivity index (χ2n) is 30.4. The summed E-state index contributed by atoms with van der Waals surface area (Å²) >= 11 is 20.0. The van der Waals surface area contributed by atoms with Crippen LogP contribution in [0.25, 0.3) is 61.5 Å². The van der Waals surface area contributed by atoms with E-state index in [4.69, 9.17) is 148 Å². The molecule has 55 nitrogen and oxygen atoms in total. The van der Waals surface area contributed by atoms with Crippen molar-refractivity contribution in [3.8, 4) is 0 Å². The van der Waals surface area contributed by atoms with Crippen LogP contribution >= 0.6 is 54.9 Å². The first kappa shape index (κ1) is 96.1. The highest BCUT2D eigenvalue weighted by molar-refractivity contribution is 8.51. The minimum atomic E-state index is -5.16. The monoisotopic (exact) mass is 2080 g/mol. The van der Waals surface area contributed by atoms with Crippen molar-refractivity contribution in [3.63, 3.8) is 0 Å². The van der Waals surface area contributed by atoms with Crippen LogP contribution in [0.4, 0.5) is 55.4 Å². The quantitative estimate of drug-likeness (QED) is 0.0320. The maximum Gasteiger partial charge on any atom is 0.472 e. The van der Waals surface area contributed by atoms with Gasteiger partial charge >= 0.3 is 37.0 Å². The van der Waals surface area contributed by atoms with E-state index in [0.29, 0.717) is 22.6 Å². The molecule has 5 unspecified atom stereocenters. The fourth-order valence-corrected chi connectivity index (χ4v) is 22.7. The van der Waals surface area contributed by atoms with Crippen molar-refractivity contribution in [2.24, 2.45) is 16.6 Å². The van der Waals surface area contributed by atoms with Crippen LogP contribution in [-0.4, -0.2) is 281 Å². The average molecular weight is 2080 g/mol. The van der Waals surface area contributed by atoms with Crippen LogP contribution in [0.15, 0.2) is 81.2 Å². The summed E-state index contributed by atoms with van der Waals surface area (Å²) in [4.78, 5) is 119. The highest BCUT2D eigenvalue weighted by Gasteiger charge is 2.59. The molecule has 16 N–H and O–H groups in total. The minimum absolute atomic E-state index is 0.0149. The molecule has 9 aliphatic heterocycles. The van der Waals surface area contributed by atoms with E-state index in [-0.39, 0.29) is 85.4 Å². The number of hydrogen-bond donors (Lipinski definition) is 12. The number of nitrogens with two attached hydrogens (primary N) is 5. The molecule has 20 rings (SSSR count). The Morgan fingerprint density at radius 1 is 0.500 bits per heavy atom. The number of nitrogens with one attached hydrogen (secondary N) is 1. The van der Waals surface area contributed by atoms with Gasteiger partial charge in [-0.2, -0.15) is 4.99 Å². The number of phosphoric acid groups is 3. The summed E-state index contributed by atoms with van der Waals surface area (Å²) in [5.74, 6) is -0.509. The number of aliphatic imine (C=N–C) groups is 1. The van der Waals surface area contributed by atoms with Gasteiger partial charge in [0.2, 0.25) is 0 Å². The highest BCUT2D eigenvalue weighted by Crippen LogP contribution is 2.61. The first-order valence-corrected chi connectivity index (χ1v) is 52.4. The van der Waals surface area contributed by atoms with Gasteiger partial charge in [-0.05, 0) is 18.7 Å². The van der Waals surface area contributed by atoms with E-state index in [0.717, 1.165) is 23.5 Å². The number of halogens is 6. The van der Waals surface area contributed by atoms with Crippen LogP contribution in [0.5, 0.6) is 0 Å². The van der Waals surface area contributed by atoms with Gasteiger partial charge in [-0.3, -0.25) is 63.6 Å². The standard InChI is InChI=1S/C21H26F2N10O10P2.C21H24F2N10O7P2S3.C21H23F2N9O9P2S/c1-8-9(41-20(11(8)22)32-6-30-13-16(24)26-4-28-18(13)32)2-40-45(37,38)43-15-10(3-39-44(34,35)36)42-21(12(15)23)33-7-31-14-17(25)27-5-29-19(14)33;1-7-12-18(31-21(25)30-7)33(5-28-12)20-11(23)15-8(37-20)2-35-41(34,43)39-14-9(3-36-42(44,45)40-15)38-19(10(14)22)32-6-29-13-16(24)26-4-27-17(13)32;1-8-13-18(27-4-25-8)31(6-29-13)21-12(23)16-9(38-21)2-36-42(33,34)40-15-10(3-37-43(35,44)41-16)39-20(11(15)22)32-7-30-14-17(24)26-5-28-19(14)32/h4-12,15,20-21H,2-3H2,1H3,(H,37,38)(H2,24,26,28)(H2,25,27,29)(H2,34,35,36);4-6,8-11,14-15,19-20H,1-3H2,(H,34,43)(H,44,45)(H2,24,26,27)(H3,25,30,31);4-7,9-12,15-16,20-21H,2-3H2,1H3,(H,33,34)(H,35,44)(H2,24,26,28)/p-1/t8-,9-,10-,11-,12-,15-,20-,21-;8-,9-,10-,11-,14-,15-,19-,20-,41?;9-,10-,11-,12-,15-,16-,20-,21-,43?/m111/s1. The van der Waals surface area contributed by atoms with Gasteiger partial charge in [-0.15, -0.1) is 0 Å². The van der Waals surface area contributed by atoms with Gasteiger partial charge in [0.05, 0.1) is 101 Å². The molecule has 0 amide bonds. The number of guanidine groups is 1. The van der Waals surface area contributed by atoms with Gasteiger partial charge in [-0.25, -0.2) is 124 Å². The van der Waals surface area contributed by atoms with E-state index in [9.17, 15) is 32.9 Å². The number of phosphoric ester groups is 3. The van der Waals surface area contributed by atoms with Crippen molar-refractivity contribution in [3.05, 3.63) is 87.6 Å². The predicted octanol–water partition coefficient (Wildman–Crippen LogP) is 3.63. The lowest BCUT2D eigenvalue weighted by Crippen LogP contribution is -2.37. The zero-order valence-electron chi connectivity index (χ0n) is 67.8. The molecule has 9 aliphatic rings. The Bertz CT molecular complexity index is 6560. The fraction of sp³-hybridized carbons (Fsp3) is 0.508. The summed E-state index contributed by atoms with van der Waals surface area (Å²) < 4.78 is 247. The Balaban J connectivity index is 0.000000134. The number of thiol groups is 1. The smallest absolute Gasteiger partial charge is 0.472 e. The Morgan fingerprint density at radius 2 is 0.881 bits per heavy atom. The first-order valence-electron chi connectivity index (χ1n) is 39.0. The van der Waals surface area contributed by atoms with Crippen LogP contribution in [0.2, 0.25) is 0 Å². The highest BCUT2D eigenvalue weighted by atomic mass is 32.9. The molecule has 0 saturated carbocycles. The molecule has 0 aliphatic carbocycles. The number of aromatic nitrogens is 22. The molecule has 8 fully saturated rings. The number of ether oxygens (including phenoxy) is 6. The van der Waals surface area contributed by atoms with Crippen molar-refractivity contribution >= 4 is 187 Å². The van der Waals surface area contributed by atoms with Crippen LogP contribution in [0.1, 0.15) is 55.7 Å². The van der Waals surface area contributed by atoms with E-state index in [1.807, 2.05) is 0 Å². The SMILES string of the molecule is C=C1NC(N)=Nc2c1ncn2[C@@H]1O[C@@H]2COP(O)(=S)O[C@H]3[C@@H](F)[C@H](n4cnc5c(N)ncnc54)O[C@@H]3COP(=S)([S-])O[C@H]2[C@H]1F.C[C@H]1[C@@H](F)[C@H](n2cnc3c(N)ncnc32)O[C@@H]1COP(=O)(O)O[C@H]1[C@@H](F)[C@H](n2cnc3c(N)ncnc32)O[C@@H]1COP(=O)(O)O.Cc1ncnc2c1ncn2[C@@H]1O[C@@H]2COP(=O)(O)O[C@H]3[C@@H](F)[C@H](n4cnc5c(N)ncnc54)O[C@@H]3COP(=O)(S)O[C@H]2[C@H]1F. The summed E-state index contributed by atoms with van der Waals surface area (Å²) in [6, 6.07) is 0. The molecule has 20 heterocycles. The van der Waals surface area contributed by atoms with E-state index in [1.54, 1.807) is 6.92 Å². The third kappa shape index (κ3) is 19.1. The van der Waals surface area contributed by atoms with Crippen LogP contribution < -0.4 is 34.0 Å². The number of nitrogens with zero attached hydrogens (tertiary/aromatic N) is 23. The Hall–Kier alpha value is -8.21. The topological polar surface area (TPSA) is 717 Å². The zero-order valence-corrected chi connectivity index (χ0v) is 76.5. The van der Waals surface area contributed by atoms with E-state index in [2.05, 4.69) is 113 Å². The Morgan fingerprint density at radius 3 is 1.37 bits per heavy atom. The largest absolute Gasteiger partial charge is 0.691 e. The van der Waals surface area contributed by atoms with Crippen molar-refractivity contribution in [1.29, 1.82) is 0 Å². The summed E-state index contributed by atoms with van der Waals surface area (Å²) in [5, 5.41) is 2.74. The molecule has 722 valence electrons. The lowest BCUT2D eigenvalue weighted by atomic mass is 10.0. The molecule has 0 spiro atoms.